The molecule has 7 heteroatoms. The molecule has 0 radical (unpaired) electrons. The maximum Gasteiger partial charge on any atom is 0.248 e. The highest BCUT2D eigenvalue weighted by molar-refractivity contribution is 7.89. The summed E-state index contributed by atoms with van der Waals surface area (Å²) in [7, 11) is -0.475. The van der Waals surface area contributed by atoms with Crippen molar-refractivity contribution in [3.63, 3.8) is 0 Å². The SMILES string of the molecule is Cc1c(S(=O)(=O)N(C)C(C)c2ccccc2)c(N)nn1C. The summed E-state index contributed by atoms with van der Waals surface area (Å²) in [6.45, 7) is 3.53. The van der Waals surface area contributed by atoms with Gasteiger partial charge in [-0.15, -0.1) is 0 Å². The average Bonchev–Trinajstić information content (AvgIpc) is 2.71. The van der Waals surface area contributed by atoms with Crippen molar-refractivity contribution >= 4 is 15.8 Å². The Balaban J connectivity index is 2.44. The highest BCUT2D eigenvalue weighted by Crippen LogP contribution is 2.30. The molecule has 6 nitrogen and oxygen atoms in total. The van der Waals surface area contributed by atoms with Crippen molar-refractivity contribution in [3.05, 3.63) is 41.6 Å². The molecule has 0 aliphatic carbocycles. The molecule has 1 heterocycles. The number of rotatable bonds is 4. The maximum atomic E-state index is 12.8. The van der Waals surface area contributed by atoms with E-state index in [9.17, 15) is 8.42 Å². The van der Waals surface area contributed by atoms with E-state index in [1.807, 2.05) is 37.3 Å². The van der Waals surface area contributed by atoms with Crippen molar-refractivity contribution in [1.29, 1.82) is 0 Å². The van der Waals surface area contributed by atoms with Crippen LogP contribution in [0.1, 0.15) is 24.2 Å². The largest absolute Gasteiger partial charge is 0.381 e. The number of nitrogens with zero attached hydrogens (tertiary/aromatic N) is 3. The molecule has 1 unspecified atom stereocenters. The number of aromatic nitrogens is 2. The molecule has 1 atom stereocenters. The average molecular weight is 308 g/mol. The third-order valence-electron chi connectivity index (χ3n) is 3.77. The molecule has 2 rings (SSSR count). The van der Waals surface area contributed by atoms with E-state index >= 15 is 0 Å². The van der Waals surface area contributed by atoms with Crippen LogP contribution in [0.3, 0.4) is 0 Å². The Morgan fingerprint density at radius 1 is 1.29 bits per heavy atom. The van der Waals surface area contributed by atoms with Crippen LogP contribution in [-0.4, -0.2) is 29.6 Å². The van der Waals surface area contributed by atoms with Crippen LogP contribution in [0.15, 0.2) is 35.2 Å². The van der Waals surface area contributed by atoms with Gasteiger partial charge in [-0.3, -0.25) is 4.68 Å². The van der Waals surface area contributed by atoms with Gasteiger partial charge in [0.2, 0.25) is 10.0 Å². The monoisotopic (exact) mass is 308 g/mol. The Morgan fingerprint density at radius 2 is 1.86 bits per heavy atom. The van der Waals surface area contributed by atoms with Crippen LogP contribution in [0, 0.1) is 6.92 Å². The second kappa shape index (κ2) is 5.50. The lowest BCUT2D eigenvalue weighted by Crippen LogP contribution is -2.30. The van der Waals surface area contributed by atoms with Crippen LogP contribution in [-0.2, 0) is 17.1 Å². The molecule has 21 heavy (non-hydrogen) atoms. The molecule has 0 bridgehead atoms. The van der Waals surface area contributed by atoms with Crippen LogP contribution >= 0.6 is 0 Å². The molecule has 0 fully saturated rings. The normalized spacial score (nSPS) is 13.6. The minimum atomic E-state index is -3.70. The number of nitrogen functional groups attached to an aromatic ring is 1. The summed E-state index contributed by atoms with van der Waals surface area (Å²) in [5.74, 6) is 0.0297. The first-order valence-corrected chi connectivity index (χ1v) is 8.03. The Bertz CT molecular complexity index is 738. The zero-order valence-electron chi connectivity index (χ0n) is 12.6. The standard InChI is InChI=1S/C14H20N4O2S/c1-10(12-8-6-5-7-9-12)18(4)21(19,20)13-11(2)17(3)16-14(13)15/h5-10H,1-4H3,(H2,15,16). The van der Waals surface area contributed by atoms with Gasteiger partial charge in [-0.2, -0.15) is 9.40 Å². The minimum absolute atomic E-state index is 0.0297. The van der Waals surface area contributed by atoms with Gasteiger partial charge in [-0.05, 0) is 19.4 Å². The predicted octanol–water partition coefficient (Wildman–Crippen LogP) is 1.69. The number of hydrogen-bond donors (Lipinski definition) is 1. The number of aryl methyl sites for hydroxylation is 1. The molecule has 1 aromatic heterocycles. The molecule has 1 aromatic carbocycles. The van der Waals surface area contributed by atoms with E-state index in [0.717, 1.165) is 5.56 Å². The van der Waals surface area contributed by atoms with Crippen LogP contribution in [0.2, 0.25) is 0 Å². The van der Waals surface area contributed by atoms with Crippen molar-refractivity contribution in [2.24, 2.45) is 7.05 Å². The number of nitrogens with two attached hydrogens (primary N) is 1. The van der Waals surface area contributed by atoms with E-state index in [1.165, 1.54) is 8.99 Å². The second-order valence-electron chi connectivity index (χ2n) is 5.03. The van der Waals surface area contributed by atoms with Crippen LogP contribution in [0.4, 0.5) is 5.82 Å². The quantitative estimate of drug-likeness (QED) is 0.932. The molecule has 0 saturated carbocycles. The first-order chi connectivity index (χ1) is 9.76. The fourth-order valence-electron chi connectivity index (χ4n) is 2.23. The van der Waals surface area contributed by atoms with Crippen molar-refractivity contribution in [2.75, 3.05) is 12.8 Å². The summed E-state index contributed by atoms with van der Waals surface area (Å²) in [6.07, 6.45) is 0. The highest BCUT2D eigenvalue weighted by atomic mass is 32.2. The van der Waals surface area contributed by atoms with E-state index in [-0.39, 0.29) is 16.8 Å². The Kier molecular flexibility index (Phi) is 4.06. The van der Waals surface area contributed by atoms with Crippen LogP contribution in [0.5, 0.6) is 0 Å². The van der Waals surface area contributed by atoms with Crippen molar-refractivity contribution in [2.45, 2.75) is 24.8 Å². The summed E-state index contributed by atoms with van der Waals surface area (Å²) in [4.78, 5) is 0.0790. The summed E-state index contributed by atoms with van der Waals surface area (Å²) in [6, 6.07) is 9.17. The Labute approximate surface area is 125 Å². The topological polar surface area (TPSA) is 81.2 Å². The number of anilines is 1. The number of sulfonamides is 1. The van der Waals surface area contributed by atoms with E-state index in [0.29, 0.717) is 5.69 Å². The zero-order chi connectivity index (χ0) is 15.8. The van der Waals surface area contributed by atoms with Gasteiger partial charge >= 0.3 is 0 Å². The smallest absolute Gasteiger partial charge is 0.248 e. The van der Waals surface area contributed by atoms with Gasteiger partial charge in [0.25, 0.3) is 0 Å². The second-order valence-corrected chi connectivity index (χ2v) is 6.97. The predicted molar refractivity (Wildman–Crippen MR) is 82.2 cm³/mol. The van der Waals surface area contributed by atoms with Gasteiger partial charge < -0.3 is 5.73 Å². The van der Waals surface area contributed by atoms with Crippen LogP contribution in [0.25, 0.3) is 0 Å². The molecule has 0 aliphatic rings. The lowest BCUT2D eigenvalue weighted by atomic mass is 10.1. The number of benzene rings is 1. The van der Waals surface area contributed by atoms with Gasteiger partial charge in [0.15, 0.2) is 5.82 Å². The first-order valence-electron chi connectivity index (χ1n) is 6.59. The van der Waals surface area contributed by atoms with Crippen LogP contribution < -0.4 is 5.73 Å². The summed E-state index contributed by atoms with van der Waals surface area (Å²) in [5.41, 5.74) is 7.21. The molecule has 2 N–H and O–H groups in total. The minimum Gasteiger partial charge on any atom is -0.381 e. The van der Waals surface area contributed by atoms with Gasteiger partial charge in [-0.25, -0.2) is 8.42 Å². The summed E-state index contributed by atoms with van der Waals surface area (Å²) >= 11 is 0. The fraction of sp³-hybridized carbons (Fsp3) is 0.357. The van der Waals surface area contributed by atoms with Gasteiger partial charge in [0.1, 0.15) is 4.90 Å². The Hall–Kier alpha value is -1.86. The van der Waals surface area contributed by atoms with Crippen molar-refractivity contribution in [1.82, 2.24) is 14.1 Å². The zero-order valence-corrected chi connectivity index (χ0v) is 13.4. The molecular formula is C14H20N4O2S. The maximum absolute atomic E-state index is 12.8. The molecule has 2 aromatic rings. The van der Waals surface area contributed by atoms with E-state index < -0.39 is 10.0 Å². The summed E-state index contributed by atoms with van der Waals surface area (Å²) < 4.78 is 28.4. The van der Waals surface area contributed by atoms with E-state index in [4.69, 9.17) is 5.73 Å². The lowest BCUT2D eigenvalue weighted by Gasteiger charge is -2.24. The van der Waals surface area contributed by atoms with E-state index in [2.05, 4.69) is 5.10 Å². The first kappa shape index (κ1) is 15.5. The third-order valence-corrected chi connectivity index (χ3v) is 5.86. The van der Waals surface area contributed by atoms with Crippen molar-refractivity contribution in [3.8, 4) is 0 Å². The molecule has 0 saturated heterocycles. The van der Waals surface area contributed by atoms with E-state index in [1.54, 1.807) is 21.0 Å². The number of hydrogen-bond acceptors (Lipinski definition) is 4. The Morgan fingerprint density at radius 3 is 2.33 bits per heavy atom. The molecule has 0 aliphatic heterocycles. The highest BCUT2D eigenvalue weighted by Gasteiger charge is 2.32. The third kappa shape index (κ3) is 2.66. The van der Waals surface area contributed by atoms with Gasteiger partial charge in [0.05, 0.1) is 5.69 Å². The van der Waals surface area contributed by atoms with Crippen molar-refractivity contribution < 1.29 is 8.42 Å². The summed E-state index contributed by atoms with van der Waals surface area (Å²) in [5, 5.41) is 3.98. The fourth-order valence-corrected chi connectivity index (χ4v) is 3.86. The van der Waals surface area contributed by atoms with Gasteiger partial charge in [0, 0.05) is 20.1 Å². The lowest BCUT2D eigenvalue weighted by molar-refractivity contribution is 0.398. The molecule has 114 valence electrons. The molecule has 0 amide bonds. The molecule has 0 spiro atoms. The molecular weight excluding hydrogens is 288 g/mol. The van der Waals surface area contributed by atoms with Gasteiger partial charge in [-0.1, -0.05) is 30.3 Å².